The predicted octanol–water partition coefficient (Wildman–Crippen LogP) is 1.90. The minimum Gasteiger partial charge on any atom is -0.477 e. The molecule has 6 heteroatoms. The largest absolute Gasteiger partial charge is 0.477 e. The molecule has 0 saturated heterocycles. The standard InChI is InChI=1S/C12H15N3O3/c1-4-8-7(6-15(3)13-8)11-10(12(16)17)9(5-2)18-14-11/h6H,4-5H2,1-3H3,(H,16,17). The number of carboxylic acid groups (broad SMARTS) is 1. The van der Waals surface area contributed by atoms with E-state index in [2.05, 4.69) is 10.3 Å². The van der Waals surface area contributed by atoms with E-state index in [0.29, 0.717) is 24.3 Å². The van der Waals surface area contributed by atoms with Gasteiger partial charge in [0.25, 0.3) is 0 Å². The Hall–Kier alpha value is -2.11. The quantitative estimate of drug-likeness (QED) is 0.894. The van der Waals surface area contributed by atoms with Crippen LogP contribution in [-0.4, -0.2) is 26.0 Å². The van der Waals surface area contributed by atoms with E-state index in [1.54, 1.807) is 17.9 Å². The van der Waals surface area contributed by atoms with Gasteiger partial charge in [-0.15, -0.1) is 0 Å². The van der Waals surface area contributed by atoms with Crippen molar-refractivity contribution < 1.29 is 14.4 Å². The van der Waals surface area contributed by atoms with Gasteiger partial charge in [0.05, 0.1) is 5.69 Å². The lowest BCUT2D eigenvalue weighted by molar-refractivity contribution is 0.0695. The van der Waals surface area contributed by atoms with Crippen LogP contribution in [0.1, 0.15) is 35.7 Å². The molecule has 1 N–H and O–H groups in total. The van der Waals surface area contributed by atoms with Gasteiger partial charge in [-0.25, -0.2) is 4.79 Å². The van der Waals surface area contributed by atoms with E-state index in [1.807, 2.05) is 13.8 Å². The molecule has 0 saturated carbocycles. The lowest BCUT2D eigenvalue weighted by Gasteiger charge is -1.97. The maximum Gasteiger partial charge on any atom is 0.341 e. The van der Waals surface area contributed by atoms with Crippen LogP contribution >= 0.6 is 0 Å². The van der Waals surface area contributed by atoms with Gasteiger partial charge in [-0.2, -0.15) is 5.10 Å². The van der Waals surface area contributed by atoms with E-state index in [9.17, 15) is 9.90 Å². The number of hydrogen-bond donors (Lipinski definition) is 1. The summed E-state index contributed by atoms with van der Waals surface area (Å²) in [5.41, 5.74) is 2.04. The molecule has 0 aliphatic carbocycles. The van der Waals surface area contributed by atoms with Gasteiger partial charge in [-0.05, 0) is 6.42 Å². The molecule has 0 aliphatic rings. The van der Waals surface area contributed by atoms with Crippen molar-refractivity contribution in [2.75, 3.05) is 0 Å². The lowest BCUT2D eigenvalue weighted by atomic mass is 10.0. The molecule has 0 bridgehead atoms. The minimum absolute atomic E-state index is 0.139. The van der Waals surface area contributed by atoms with E-state index in [4.69, 9.17) is 4.52 Å². The van der Waals surface area contributed by atoms with Crippen molar-refractivity contribution >= 4 is 5.97 Å². The first-order valence-corrected chi connectivity index (χ1v) is 5.83. The number of carboxylic acids is 1. The Morgan fingerprint density at radius 3 is 2.72 bits per heavy atom. The van der Waals surface area contributed by atoms with Gasteiger partial charge < -0.3 is 9.63 Å². The normalized spacial score (nSPS) is 10.8. The topological polar surface area (TPSA) is 81.2 Å². The zero-order chi connectivity index (χ0) is 13.3. The Morgan fingerprint density at radius 1 is 1.44 bits per heavy atom. The van der Waals surface area contributed by atoms with Gasteiger partial charge in [-0.1, -0.05) is 19.0 Å². The van der Waals surface area contributed by atoms with Crippen LogP contribution in [0.4, 0.5) is 0 Å². The molecule has 0 aromatic carbocycles. The second-order valence-corrected chi connectivity index (χ2v) is 4.00. The Balaban J connectivity index is 2.63. The first-order valence-electron chi connectivity index (χ1n) is 5.83. The molecule has 2 heterocycles. The Labute approximate surface area is 104 Å². The first kappa shape index (κ1) is 12.3. The molecule has 0 atom stereocenters. The van der Waals surface area contributed by atoms with Crippen LogP contribution in [0.25, 0.3) is 11.3 Å². The van der Waals surface area contributed by atoms with Crippen LogP contribution in [-0.2, 0) is 19.9 Å². The molecule has 0 radical (unpaired) electrons. The summed E-state index contributed by atoms with van der Waals surface area (Å²) in [6.45, 7) is 3.80. The highest BCUT2D eigenvalue weighted by Gasteiger charge is 2.25. The van der Waals surface area contributed by atoms with E-state index in [0.717, 1.165) is 11.3 Å². The van der Waals surface area contributed by atoms with Crippen molar-refractivity contribution in [2.45, 2.75) is 26.7 Å². The molecule has 18 heavy (non-hydrogen) atoms. The summed E-state index contributed by atoms with van der Waals surface area (Å²) in [6.07, 6.45) is 2.97. The van der Waals surface area contributed by atoms with Gasteiger partial charge in [0, 0.05) is 25.2 Å². The van der Waals surface area contributed by atoms with Crippen molar-refractivity contribution in [3.05, 3.63) is 23.2 Å². The second-order valence-electron chi connectivity index (χ2n) is 4.00. The molecule has 0 fully saturated rings. The molecule has 0 spiro atoms. The maximum absolute atomic E-state index is 11.3. The summed E-state index contributed by atoms with van der Waals surface area (Å²) < 4.78 is 6.75. The monoisotopic (exact) mass is 249 g/mol. The average molecular weight is 249 g/mol. The number of aromatic nitrogens is 3. The van der Waals surface area contributed by atoms with Crippen molar-refractivity contribution in [1.29, 1.82) is 0 Å². The summed E-state index contributed by atoms with van der Waals surface area (Å²) in [5, 5.41) is 17.4. The second kappa shape index (κ2) is 4.64. The van der Waals surface area contributed by atoms with Gasteiger partial charge in [0.1, 0.15) is 11.3 Å². The van der Waals surface area contributed by atoms with Gasteiger partial charge in [0.2, 0.25) is 0 Å². The maximum atomic E-state index is 11.3. The fourth-order valence-corrected chi connectivity index (χ4v) is 1.96. The number of aryl methyl sites for hydroxylation is 3. The Morgan fingerprint density at radius 2 is 2.17 bits per heavy atom. The van der Waals surface area contributed by atoms with Crippen LogP contribution in [0.5, 0.6) is 0 Å². The number of hydrogen-bond acceptors (Lipinski definition) is 4. The predicted molar refractivity (Wildman–Crippen MR) is 64.4 cm³/mol. The van der Waals surface area contributed by atoms with Crippen LogP contribution < -0.4 is 0 Å². The SMILES string of the molecule is CCc1nn(C)cc1-c1noc(CC)c1C(=O)O. The Kier molecular flexibility index (Phi) is 3.18. The van der Waals surface area contributed by atoms with Crippen molar-refractivity contribution in [2.24, 2.45) is 7.05 Å². The number of carbonyl (C=O) groups is 1. The molecular formula is C12H15N3O3. The minimum atomic E-state index is -1.02. The van der Waals surface area contributed by atoms with Gasteiger partial charge in [-0.3, -0.25) is 4.68 Å². The van der Waals surface area contributed by atoms with Crippen LogP contribution in [0.2, 0.25) is 0 Å². The highest BCUT2D eigenvalue weighted by atomic mass is 16.5. The number of rotatable bonds is 4. The summed E-state index contributed by atoms with van der Waals surface area (Å²) in [7, 11) is 1.80. The third-order valence-electron chi connectivity index (χ3n) is 2.79. The third-order valence-corrected chi connectivity index (χ3v) is 2.79. The van der Waals surface area contributed by atoms with E-state index >= 15 is 0 Å². The molecule has 0 aliphatic heterocycles. The van der Waals surface area contributed by atoms with Crippen LogP contribution in [0.3, 0.4) is 0 Å². The number of aromatic carboxylic acids is 1. The van der Waals surface area contributed by atoms with Crippen LogP contribution in [0, 0.1) is 0 Å². The molecule has 0 amide bonds. The average Bonchev–Trinajstić information content (AvgIpc) is 2.90. The molecule has 2 aromatic rings. The fourth-order valence-electron chi connectivity index (χ4n) is 1.96. The number of nitrogens with zero attached hydrogens (tertiary/aromatic N) is 3. The molecule has 6 nitrogen and oxygen atoms in total. The summed E-state index contributed by atoms with van der Waals surface area (Å²) in [4.78, 5) is 11.3. The van der Waals surface area contributed by atoms with Gasteiger partial charge >= 0.3 is 5.97 Å². The molecule has 0 unspecified atom stereocenters. The fraction of sp³-hybridized carbons (Fsp3) is 0.417. The summed E-state index contributed by atoms with van der Waals surface area (Å²) in [5.74, 6) is -0.627. The van der Waals surface area contributed by atoms with E-state index in [1.165, 1.54) is 0 Å². The van der Waals surface area contributed by atoms with Gasteiger partial charge in [0.15, 0.2) is 5.76 Å². The smallest absolute Gasteiger partial charge is 0.341 e. The molecular weight excluding hydrogens is 234 g/mol. The first-order chi connectivity index (χ1) is 8.58. The summed E-state index contributed by atoms with van der Waals surface area (Å²) in [6, 6.07) is 0. The van der Waals surface area contributed by atoms with E-state index < -0.39 is 5.97 Å². The molecule has 2 aromatic heterocycles. The lowest BCUT2D eigenvalue weighted by Crippen LogP contribution is -2.01. The van der Waals surface area contributed by atoms with Crippen molar-refractivity contribution in [1.82, 2.24) is 14.9 Å². The summed E-state index contributed by atoms with van der Waals surface area (Å²) >= 11 is 0. The highest BCUT2D eigenvalue weighted by molar-refractivity contribution is 5.96. The third kappa shape index (κ3) is 1.90. The highest BCUT2D eigenvalue weighted by Crippen LogP contribution is 2.28. The Bertz CT molecular complexity index is 583. The van der Waals surface area contributed by atoms with E-state index in [-0.39, 0.29) is 5.56 Å². The molecule has 96 valence electrons. The zero-order valence-electron chi connectivity index (χ0n) is 10.6. The zero-order valence-corrected chi connectivity index (χ0v) is 10.6. The van der Waals surface area contributed by atoms with Crippen LogP contribution in [0.15, 0.2) is 10.7 Å². The van der Waals surface area contributed by atoms with Crippen molar-refractivity contribution in [3.8, 4) is 11.3 Å². The molecule has 2 rings (SSSR count). The van der Waals surface area contributed by atoms with Crippen molar-refractivity contribution in [3.63, 3.8) is 0 Å².